The van der Waals surface area contributed by atoms with E-state index in [0.29, 0.717) is 41.9 Å². The van der Waals surface area contributed by atoms with E-state index >= 15 is 0 Å². The molecule has 2 aromatic carbocycles. The minimum Gasteiger partial charge on any atom is -0.493 e. The van der Waals surface area contributed by atoms with Gasteiger partial charge in [-0.2, -0.15) is 0 Å². The fourth-order valence-electron chi connectivity index (χ4n) is 2.69. The fourth-order valence-corrected chi connectivity index (χ4v) is 4.46. The summed E-state index contributed by atoms with van der Waals surface area (Å²) in [5.74, 6) is 0.0724. The Hall–Kier alpha value is -2.26. The number of esters is 1. The number of carbonyl (C=O) groups is 2. The molecule has 0 saturated carbocycles. The number of ether oxygens (including phenoxy) is 3. The summed E-state index contributed by atoms with van der Waals surface area (Å²) in [6.07, 6.45) is 1.67. The van der Waals surface area contributed by atoms with Gasteiger partial charge in [-0.1, -0.05) is 59.3 Å². The maximum absolute atomic E-state index is 12.6. The standard InChI is InChI=1S/C21H17Cl2NO5S2/c1-27-17-8-12(9-18-20(26)24(21(30)31-18)10-19(25)28-2)6-7-16(17)29-11-13-14(22)4-3-5-15(13)23/h3-9H,10-11H2,1-2H3/b18-9-. The Morgan fingerprint density at radius 3 is 2.52 bits per heavy atom. The average molecular weight is 498 g/mol. The van der Waals surface area contributed by atoms with Gasteiger partial charge in [-0.25, -0.2) is 0 Å². The molecule has 1 heterocycles. The van der Waals surface area contributed by atoms with Crippen LogP contribution >= 0.6 is 47.2 Å². The summed E-state index contributed by atoms with van der Waals surface area (Å²) in [6.45, 7) is -0.0559. The van der Waals surface area contributed by atoms with Crippen molar-refractivity contribution in [2.45, 2.75) is 6.61 Å². The molecule has 1 aliphatic rings. The largest absolute Gasteiger partial charge is 0.493 e. The second-order valence-corrected chi connectivity index (χ2v) is 8.73. The van der Waals surface area contributed by atoms with Crippen LogP contribution in [0.15, 0.2) is 41.3 Å². The van der Waals surface area contributed by atoms with E-state index in [1.807, 2.05) is 0 Å². The zero-order chi connectivity index (χ0) is 22.5. The lowest BCUT2D eigenvalue weighted by molar-refractivity contribution is -0.143. The maximum atomic E-state index is 12.6. The van der Waals surface area contributed by atoms with Gasteiger partial charge in [0.1, 0.15) is 17.5 Å². The predicted octanol–water partition coefficient (Wildman–Crippen LogP) is 4.96. The first-order valence-electron chi connectivity index (χ1n) is 8.90. The Bertz CT molecular complexity index is 1050. The van der Waals surface area contributed by atoms with Crippen LogP contribution in [-0.4, -0.2) is 41.9 Å². The van der Waals surface area contributed by atoms with Crippen molar-refractivity contribution >= 4 is 69.5 Å². The summed E-state index contributed by atoms with van der Waals surface area (Å²) in [4.78, 5) is 25.7. The van der Waals surface area contributed by atoms with Crippen LogP contribution in [0.5, 0.6) is 11.5 Å². The van der Waals surface area contributed by atoms with Gasteiger partial charge in [0, 0.05) is 15.6 Å². The number of benzene rings is 2. The van der Waals surface area contributed by atoms with Gasteiger partial charge in [-0.15, -0.1) is 0 Å². The third-order valence-electron chi connectivity index (χ3n) is 4.31. The van der Waals surface area contributed by atoms with Crippen LogP contribution in [-0.2, 0) is 20.9 Å². The van der Waals surface area contributed by atoms with E-state index in [1.54, 1.807) is 42.5 Å². The Kier molecular flexibility index (Phi) is 7.83. The number of hydrogen-bond acceptors (Lipinski definition) is 7. The van der Waals surface area contributed by atoms with Gasteiger partial charge >= 0.3 is 5.97 Å². The fraction of sp³-hybridized carbons (Fsp3) is 0.190. The normalized spacial score (nSPS) is 14.8. The third kappa shape index (κ3) is 5.51. The molecule has 1 aliphatic heterocycles. The van der Waals surface area contributed by atoms with Crippen molar-refractivity contribution in [3.8, 4) is 11.5 Å². The molecule has 3 rings (SSSR count). The van der Waals surface area contributed by atoms with Gasteiger partial charge in [0.05, 0.1) is 19.1 Å². The topological polar surface area (TPSA) is 65.1 Å². The molecule has 0 spiro atoms. The molecule has 0 unspecified atom stereocenters. The SMILES string of the molecule is COC(=O)CN1C(=O)/C(=C/c2ccc(OCc3c(Cl)cccc3Cl)c(OC)c2)SC1=S. The predicted molar refractivity (Wildman–Crippen MR) is 126 cm³/mol. The van der Waals surface area contributed by atoms with Gasteiger partial charge in [0.15, 0.2) is 11.5 Å². The summed E-state index contributed by atoms with van der Waals surface area (Å²) >= 11 is 18.7. The number of hydrogen-bond donors (Lipinski definition) is 0. The first-order chi connectivity index (χ1) is 14.8. The highest BCUT2D eigenvalue weighted by Gasteiger charge is 2.33. The molecule has 162 valence electrons. The molecule has 1 fully saturated rings. The lowest BCUT2D eigenvalue weighted by Crippen LogP contribution is -2.33. The van der Waals surface area contributed by atoms with E-state index in [-0.39, 0.29) is 19.1 Å². The molecular formula is C21H17Cl2NO5S2. The molecule has 2 aromatic rings. The van der Waals surface area contributed by atoms with Crippen LogP contribution in [0.4, 0.5) is 0 Å². The quantitative estimate of drug-likeness (QED) is 0.304. The molecule has 0 N–H and O–H groups in total. The molecule has 6 nitrogen and oxygen atoms in total. The second kappa shape index (κ2) is 10.4. The Labute approximate surface area is 199 Å². The minimum atomic E-state index is -0.542. The zero-order valence-corrected chi connectivity index (χ0v) is 19.7. The number of thiocarbonyl (C=S) groups is 1. The van der Waals surface area contributed by atoms with Crippen molar-refractivity contribution in [3.63, 3.8) is 0 Å². The third-order valence-corrected chi connectivity index (χ3v) is 6.39. The molecule has 0 atom stereocenters. The summed E-state index contributed by atoms with van der Waals surface area (Å²) in [6, 6.07) is 10.5. The molecule has 0 aromatic heterocycles. The molecule has 1 amide bonds. The molecule has 31 heavy (non-hydrogen) atoms. The number of amides is 1. The monoisotopic (exact) mass is 497 g/mol. The zero-order valence-electron chi connectivity index (χ0n) is 16.5. The number of rotatable bonds is 7. The Morgan fingerprint density at radius 1 is 1.16 bits per heavy atom. The molecule has 1 saturated heterocycles. The van der Waals surface area contributed by atoms with Crippen molar-refractivity contribution in [1.82, 2.24) is 4.90 Å². The lowest BCUT2D eigenvalue weighted by atomic mass is 10.1. The second-order valence-electron chi connectivity index (χ2n) is 6.24. The van der Waals surface area contributed by atoms with Crippen LogP contribution in [0, 0.1) is 0 Å². The molecule has 0 aliphatic carbocycles. The van der Waals surface area contributed by atoms with Crippen LogP contribution in [0.25, 0.3) is 6.08 Å². The van der Waals surface area contributed by atoms with Crippen LogP contribution in [0.2, 0.25) is 10.0 Å². The van der Waals surface area contributed by atoms with Gasteiger partial charge in [0.25, 0.3) is 5.91 Å². The highest BCUT2D eigenvalue weighted by Crippen LogP contribution is 2.35. The van der Waals surface area contributed by atoms with Crippen molar-refractivity contribution < 1.29 is 23.8 Å². The number of nitrogens with zero attached hydrogens (tertiary/aromatic N) is 1. The Balaban J connectivity index is 1.78. The lowest BCUT2D eigenvalue weighted by Gasteiger charge is -2.13. The smallest absolute Gasteiger partial charge is 0.325 e. The van der Waals surface area contributed by atoms with E-state index < -0.39 is 5.97 Å². The molecule has 0 radical (unpaired) electrons. The summed E-state index contributed by atoms with van der Waals surface area (Å²) in [5, 5.41) is 1.02. The number of thioether (sulfide) groups is 1. The van der Waals surface area contributed by atoms with Crippen molar-refractivity contribution in [1.29, 1.82) is 0 Å². The van der Waals surface area contributed by atoms with E-state index in [4.69, 9.17) is 44.9 Å². The van der Waals surface area contributed by atoms with Crippen molar-refractivity contribution in [2.75, 3.05) is 20.8 Å². The maximum Gasteiger partial charge on any atom is 0.325 e. The summed E-state index contributed by atoms with van der Waals surface area (Å²) < 4.78 is 16.2. The highest BCUT2D eigenvalue weighted by atomic mass is 35.5. The van der Waals surface area contributed by atoms with E-state index in [2.05, 4.69) is 4.74 Å². The van der Waals surface area contributed by atoms with E-state index in [9.17, 15) is 9.59 Å². The van der Waals surface area contributed by atoms with Gasteiger partial charge in [-0.3, -0.25) is 14.5 Å². The number of methoxy groups -OCH3 is 2. The highest BCUT2D eigenvalue weighted by molar-refractivity contribution is 8.26. The van der Waals surface area contributed by atoms with Crippen LogP contribution in [0.3, 0.4) is 0 Å². The van der Waals surface area contributed by atoms with E-state index in [1.165, 1.54) is 19.1 Å². The average Bonchev–Trinajstić information content (AvgIpc) is 3.01. The molecular weight excluding hydrogens is 481 g/mol. The van der Waals surface area contributed by atoms with Gasteiger partial charge in [0.2, 0.25) is 0 Å². The van der Waals surface area contributed by atoms with Crippen molar-refractivity contribution in [2.24, 2.45) is 0 Å². The van der Waals surface area contributed by atoms with Crippen molar-refractivity contribution in [3.05, 3.63) is 62.5 Å². The van der Waals surface area contributed by atoms with Gasteiger partial charge in [-0.05, 0) is 35.9 Å². The minimum absolute atomic E-state index is 0.167. The Morgan fingerprint density at radius 2 is 1.87 bits per heavy atom. The van der Waals surface area contributed by atoms with Crippen LogP contribution in [0.1, 0.15) is 11.1 Å². The molecule has 0 bridgehead atoms. The van der Waals surface area contributed by atoms with E-state index in [0.717, 1.165) is 11.8 Å². The number of carbonyl (C=O) groups excluding carboxylic acids is 2. The summed E-state index contributed by atoms with van der Waals surface area (Å²) in [7, 11) is 2.77. The molecule has 10 heteroatoms. The first kappa shape index (κ1) is 23.4. The first-order valence-corrected chi connectivity index (χ1v) is 10.9. The number of halogens is 2. The van der Waals surface area contributed by atoms with Gasteiger partial charge < -0.3 is 14.2 Å². The summed E-state index contributed by atoms with van der Waals surface area (Å²) in [5.41, 5.74) is 1.38. The van der Waals surface area contributed by atoms with Crippen LogP contribution < -0.4 is 9.47 Å².